The molecule has 0 radical (unpaired) electrons. The van der Waals surface area contributed by atoms with Crippen LogP contribution in [-0.2, 0) is 0 Å². The molecule has 1 fully saturated rings. The normalized spacial score (nSPS) is 14.7. The Morgan fingerprint density at radius 3 is 2.03 bits per heavy atom. The van der Waals surface area contributed by atoms with Gasteiger partial charge < -0.3 is 9.32 Å². The van der Waals surface area contributed by atoms with Crippen molar-refractivity contribution in [2.75, 3.05) is 26.2 Å². The molecule has 1 saturated heterocycles. The number of piperazine rings is 1. The molecule has 0 unspecified atom stereocenters. The summed E-state index contributed by atoms with van der Waals surface area (Å²) in [7, 11) is 0. The molecule has 5 rings (SSSR count). The van der Waals surface area contributed by atoms with E-state index in [1.807, 2.05) is 24.3 Å². The molecule has 0 atom stereocenters. The summed E-state index contributed by atoms with van der Waals surface area (Å²) in [5, 5.41) is 0.721. The average Bonchev–Trinajstić information content (AvgIpc) is 2.85. The van der Waals surface area contributed by atoms with E-state index < -0.39 is 5.63 Å². The molecule has 0 spiro atoms. The number of hydrogen-bond donors (Lipinski definition) is 0. The van der Waals surface area contributed by atoms with Crippen LogP contribution >= 0.6 is 15.9 Å². The largest absolute Gasteiger partial charge is 0.422 e. The van der Waals surface area contributed by atoms with Crippen molar-refractivity contribution in [3.63, 3.8) is 0 Å². The molecule has 166 valence electrons. The number of benzene rings is 3. The van der Waals surface area contributed by atoms with Crippen LogP contribution < -0.4 is 5.63 Å². The number of amides is 1. The van der Waals surface area contributed by atoms with Crippen molar-refractivity contribution in [3.8, 4) is 0 Å². The zero-order valence-electron chi connectivity index (χ0n) is 18.0. The van der Waals surface area contributed by atoms with Crippen molar-refractivity contribution in [1.29, 1.82) is 0 Å². The Morgan fingerprint density at radius 1 is 0.818 bits per heavy atom. The Hall–Kier alpha value is -3.22. The van der Waals surface area contributed by atoms with E-state index in [1.165, 1.54) is 11.1 Å². The van der Waals surface area contributed by atoms with Crippen molar-refractivity contribution >= 4 is 32.8 Å². The molecule has 1 aliphatic rings. The molecule has 1 aliphatic heterocycles. The smallest absolute Gasteiger partial charge is 0.349 e. The van der Waals surface area contributed by atoms with E-state index in [2.05, 4.69) is 69.4 Å². The minimum Gasteiger partial charge on any atom is -0.422 e. The predicted molar refractivity (Wildman–Crippen MR) is 132 cm³/mol. The lowest BCUT2D eigenvalue weighted by Gasteiger charge is -2.39. The SMILES string of the molecule is O=C(c1cc2cc(Br)ccc2oc1=O)N1CCN(C(c2ccccc2)c2ccccc2)CC1. The van der Waals surface area contributed by atoms with Crippen LogP contribution in [0.1, 0.15) is 27.5 Å². The lowest BCUT2D eigenvalue weighted by atomic mass is 9.96. The summed E-state index contributed by atoms with van der Waals surface area (Å²) >= 11 is 3.43. The molecule has 6 heteroatoms. The first-order valence-corrected chi connectivity index (χ1v) is 11.8. The molecule has 0 aliphatic carbocycles. The quantitative estimate of drug-likeness (QED) is 0.364. The topological polar surface area (TPSA) is 53.8 Å². The molecule has 5 nitrogen and oxygen atoms in total. The van der Waals surface area contributed by atoms with E-state index in [-0.39, 0.29) is 17.5 Å². The summed E-state index contributed by atoms with van der Waals surface area (Å²) in [6.45, 7) is 2.52. The van der Waals surface area contributed by atoms with Crippen molar-refractivity contribution in [2.24, 2.45) is 0 Å². The lowest BCUT2D eigenvalue weighted by molar-refractivity contribution is 0.0593. The average molecular weight is 503 g/mol. The van der Waals surface area contributed by atoms with Gasteiger partial charge >= 0.3 is 5.63 Å². The predicted octanol–water partition coefficient (Wildman–Crippen LogP) is 5.10. The fraction of sp³-hybridized carbons (Fsp3) is 0.185. The van der Waals surface area contributed by atoms with Gasteiger partial charge in [-0.05, 0) is 35.4 Å². The third-order valence-corrected chi connectivity index (χ3v) is 6.62. The number of rotatable bonds is 4. The monoisotopic (exact) mass is 502 g/mol. The minimum atomic E-state index is -0.594. The van der Waals surface area contributed by atoms with E-state index in [0.29, 0.717) is 31.8 Å². The number of carbonyl (C=O) groups is 1. The summed E-state index contributed by atoms with van der Waals surface area (Å²) in [5.41, 5.74) is 2.41. The number of nitrogens with zero attached hydrogens (tertiary/aromatic N) is 2. The highest BCUT2D eigenvalue weighted by Crippen LogP contribution is 2.29. The van der Waals surface area contributed by atoms with Crippen LogP contribution in [0.15, 0.2) is 98.6 Å². The van der Waals surface area contributed by atoms with Crippen LogP contribution in [0, 0.1) is 0 Å². The molecule has 0 bridgehead atoms. The zero-order chi connectivity index (χ0) is 22.8. The van der Waals surface area contributed by atoms with Crippen molar-refractivity contribution in [3.05, 3.63) is 117 Å². The van der Waals surface area contributed by atoms with Crippen LogP contribution in [0.3, 0.4) is 0 Å². The molecular formula is C27H23BrN2O3. The maximum atomic E-state index is 13.2. The first kappa shape index (κ1) is 21.6. The summed E-state index contributed by atoms with van der Waals surface area (Å²) in [6, 6.07) is 28.0. The highest BCUT2D eigenvalue weighted by molar-refractivity contribution is 9.10. The van der Waals surface area contributed by atoms with Gasteiger partial charge in [-0.15, -0.1) is 0 Å². The molecule has 3 aromatic carbocycles. The van der Waals surface area contributed by atoms with Crippen LogP contribution in [0.4, 0.5) is 0 Å². The Kier molecular flexibility index (Phi) is 6.11. The van der Waals surface area contributed by atoms with E-state index in [9.17, 15) is 9.59 Å². The molecule has 0 N–H and O–H groups in total. The summed E-state index contributed by atoms with van der Waals surface area (Å²) in [4.78, 5) is 29.9. The van der Waals surface area contributed by atoms with Gasteiger partial charge in [0.1, 0.15) is 11.1 Å². The van der Waals surface area contributed by atoms with Gasteiger partial charge in [-0.3, -0.25) is 9.69 Å². The van der Waals surface area contributed by atoms with Crippen LogP contribution in [0.25, 0.3) is 11.0 Å². The first-order valence-electron chi connectivity index (χ1n) is 11.0. The highest BCUT2D eigenvalue weighted by atomic mass is 79.9. The van der Waals surface area contributed by atoms with Crippen molar-refractivity contribution in [1.82, 2.24) is 9.80 Å². The molecule has 0 saturated carbocycles. The second kappa shape index (κ2) is 9.33. The molecule has 33 heavy (non-hydrogen) atoms. The van der Waals surface area contributed by atoms with Crippen molar-refractivity contribution < 1.29 is 9.21 Å². The standard InChI is InChI=1S/C27H23BrN2O3/c28-22-11-12-24-21(17-22)18-23(27(32)33-24)26(31)30-15-13-29(14-16-30)25(19-7-3-1-4-8-19)20-9-5-2-6-10-20/h1-12,17-18,25H,13-16H2. The number of fused-ring (bicyclic) bond motifs is 1. The lowest BCUT2D eigenvalue weighted by Crippen LogP contribution is -2.50. The van der Waals surface area contributed by atoms with Crippen LogP contribution in [0.5, 0.6) is 0 Å². The second-order valence-electron chi connectivity index (χ2n) is 8.18. The number of halogens is 1. The van der Waals surface area contributed by atoms with Gasteiger partial charge in [-0.1, -0.05) is 76.6 Å². The fourth-order valence-electron chi connectivity index (χ4n) is 4.48. The van der Waals surface area contributed by atoms with Gasteiger partial charge in [-0.25, -0.2) is 4.79 Å². The van der Waals surface area contributed by atoms with Gasteiger partial charge in [0.15, 0.2) is 0 Å². The van der Waals surface area contributed by atoms with E-state index in [4.69, 9.17) is 4.42 Å². The zero-order valence-corrected chi connectivity index (χ0v) is 19.6. The minimum absolute atomic E-state index is 0.0803. The molecule has 1 amide bonds. The summed E-state index contributed by atoms with van der Waals surface area (Å²) < 4.78 is 6.27. The fourth-order valence-corrected chi connectivity index (χ4v) is 4.86. The van der Waals surface area contributed by atoms with Gasteiger partial charge in [-0.2, -0.15) is 0 Å². The maximum absolute atomic E-state index is 13.2. The van der Waals surface area contributed by atoms with Gasteiger partial charge in [0, 0.05) is 36.0 Å². The van der Waals surface area contributed by atoms with E-state index in [0.717, 1.165) is 9.86 Å². The van der Waals surface area contributed by atoms with Crippen LogP contribution in [0.2, 0.25) is 0 Å². The van der Waals surface area contributed by atoms with Gasteiger partial charge in [0.05, 0.1) is 6.04 Å². The molecular weight excluding hydrogens is 480 g/mol. The summed E-state index contributed by atoms with van der Waals surface area (Å²) in [6.07, 6.45) is 0. The third-order valence-electron chi connectivity index (χ3n) is 6.12. The Bertz CT molecular complexity index is 1290. The summed E-state index contributed by atoms with van der Waals surface area (Å²) in [5.74, 6) is -0.277. The number of hydrogen-bond acceptors (Lipinski definition) is 4. The van der Waals surface area contributed by atoms with E-state index in [1.54, 1.807) is 17.0 Å². The number of carbonyl (C=O) groups excluding carboxylic acids is 1. The molecule has 4 aromatic rings. The van der Waals surface area contributed by atoms with Crippen LogP contribution in [-0.4, -0.2) is 41.9 Å². The molecule has 2 heterocycles. The maximum Gasteiger partial charge on any atom is 0.349 e. The Labute approximate surface area is 200 Å². The second-order valence-corrected chi connectivity index (χ2v) is 9.10. The van der Waals surface area contributed by atoms with Gasteiger partial charge in [0.2, 0.25) is 0 Å². The highest BCUT2D eigenvalue weighted by Gasteiger charge is 2.29. The van der Waals surface area contributed by atoms with E-state index >= 15 is 0 Å². The third kappa shape index (κ3) is 4.49. The van der Waals surface area contributed by atoms with Gasteiger partial charge in [0.25, 0.3) is 5.91 Å². The van der Waals surface area contributed by atoms with Crippen molar-refractivity contribution in [2.45, 2.75) is 6.04 Å². The Morgan fingerprint density at radius 2 is 1.42 bits per heavy atom. The molecule has 1 aromatic heterocycles. The first-order chi connectivity index (χ1) is 16.1. The Balaban J connectivity index is 1.37.